The van der Waals surface area contributed by atoms with E-state index in [9.17, 15) is 4.39 Å². The maximum absolute atomic E-state index is 13.2. The van der Waals surface area contributed by atoms with Crippen LogP contribution in [0.15, 0.2) is 18.2 Å². The quantitative estimate of drug-likeness (QED) is 0.554. The van der Waals surface area contributed by atoms with Crippen LogP contribution in [0.25, 0.3) is 0 Å². The van der Waals surface area contributed by atoms with Crippen LogP contribution < -0.4 is 0 Å². The normalized spacial score (nSPS) is 15.7. The molecule has 0 amide bonds. The highest BCUT2D eigenvalue weighted by Gasteiger charge is 2.26. The van der Waals surface area contributed by atoms with Crippen LogP contribution in [0.4, 0.5) is 4.39 Å². The Labute approximate surface area is 71.4 Å². The zero-order valence-corrected chi connectivity index (χ0v) is 6.68. The van der Waals surface area contributed by atoms with Gasteiger partial charge in [0.15, 0.2) is 0 Å². The molecule has 1 aromatic carbocycles. The molecule has 0 unspecified atom stereocenters. The van der Waals surface area contributed by atoms with E-state index in [1.807, 2.05) is 6.07 Å². The highest BCUT2D eigenvalue weighted by Crippen LogP contribution is 2.41. The predicted octanol–water partition coefficient (Wildman–Crippen LogP) is 2.68. The summed E-state index contributed by atoms with van der Waals surface area (Å²) in [5, 5.41) is 0. The van der Waals surface area contributed by atoms with Crippen LogP contribution >= 0.6 is 0 Å². The minimum atomic E-state index is -0.145. The van der Waals surface area contributed by atoms with Crippen LogP contribution in [0.2, 0.25) is 0 Å². The molecule has 0 bridgehead atoms. The third-order valence-corrected chi connectivity index (χ3v) is 2.18. The van der Waals surface area contributed by atoms with E-state index in [2.05, 4.69) is 5.92 Å². The van der Waals surface area contributed by atoms with Gasteiger partial charge in [-0.25, -0.2) is 4.39 Å². The molecule has 0 atom stereocenters. The summed E-state index contributed by atoms with van der Waals surface area (Å²) in [4.78, 5) is 0. The topological polar surface area (TPSA) is 0 Å². The van der Waals surface area contributed by atoms with E-state index in [1.165, 1.54) is 6.07 Å². The summed E-state index contributed by atoms with van der Waals surface area (Å²) in [5.41, 5.74) is 1.45. The fourth-order valence-corrected chi connectivity index (χ4v) is 1.34. The standard InChI is InChI=1S/C11H9F/c1-2-8-3-6-10(9-4-5-9)11(12)7-8/h1,3,6-7,9H,4-5H2. The summed E-state index contributed by atoms with van der Waals surface area (Å²) >= 11 is 0. The Balaban J connectivity index is 2.40. The molecule has 1 aromatic rings. The summed E-state index contributed by atoms with van der Waals surface area (Å²) < 4.78 is 13.2. The lowest BCUT2D eigenvalue weighted by atomic mass is 10.1. The number of hydrogen-bond donors (Lipinski definition) is 0. The maximum Gasteiger partial charge on any atom is 0.127 e. The minimum absolute atomic E-state index is 0.145. The van der Waals surface area contributed by atoms with E-state index in [1.54, 1.807) is 6.07 Å². The summed E-state index contributed by atoms with van der Waals surface area (Å²) in [5.74, 6) is 2.72. The lowest BCUT2D eigenvalue weighted by Gasteiger charge is -1.99. The molecule has 0 N–H and O–H groups in total. The van der Waals surface area contributed by atoms with Crippen LogP contribution in [0.5, 0.6) is 0 Å². The first-order valence-electron chi connectivity index (χ1n) is 4.07. The molecule has 0 aromatic heterocycles. The Hall–Kier alpha value is -1.29. The highest BCUT2D eigenvalue weighted by molar-refractivity contribution is 5.37. The van der Waals surface area contributed by atoms with Crippen molar-refractivity contribution in [2.24, 2.45) is 0 Å². The minimum Gasteiger partial charge on any atom is -0.207 e. The van der Waals surface area contributed by atoms with Gasteiger partial charge in [-0.15, -0.1) is 6.42 Å². The van der Waals surface area contributed by atoms with Crippen LogP contribution in [-0.2, 0) is 0 Å². The molecule has 12 heavy (non-hydrogen) atoms. The zero-order valence-electron chi connectivity index (χ0n) is 6.68. The molecule has 0 saturated heterocycles. The van der Waals surface area contributed by atoms with Gasteiger partial charge in [-0.2, -0.15) is 0 Å². The van der Waals surface area contributed by atoms with E-state index < -0.39 is 0 Å². The molecule has 0 nitrogen and oxygen atoms in total. The van der Waals surface area contributed by atoms with Crippen LogP contribution in [0.3, 0.4) is 0 Å². The molecule has 60 valence electrons. The van der Waals surface area contributed by atoms with Crippen molar-refractivity contribution in [1.29, 1.82) is 0 Å². The average Bonchev–Trinajstić information content (AvgIpc) is 2.87. The predicted molar refractivity (Wildman–Crippen MR) is 46.3 cm³/mol. The average molecular weight is 160 g/mol. The van der Waals surface area contributed by atoms with Gasteiger partial charge in [-0.3, -0.25) is 0 Å². The van der Waals surface area contributed by atoms with Crippen molar-refractivity contribution in [3.8, 4) is 12.3 Å². The van der Waals surface area contributed by atoms with Gasteiger partial charge in [0.05, 0.1) is 0 Å². The zero-order chi connectivity index (χ0) is 8.55. The number of benzene rings is 1. The van der Waals surface area contributed by atoms with Crippen molar-refractivity contribution < 1.29 is 4.39 Å². The SMILES string of the molecule is C#Cc1ccc(C2CC2)c(F)c1. The monoisotopic (exact) mass is 160 g/mol. The van der Waals surface area contributed by atoms with Gasteiger partial charge in [-0.05, 0) is 36.5 Å². The first-order chi connectivity index (χ1) is 5.81. The summed E-state index contributed by atoms with van der Waals surface area (Å²) in [6.45, 7) is 0. The largest absolute Gasteiger partial charge is 0.207 e. The number of terminal acetylenes is 1. The lowest BCUT2D eigenvalue weighted by molar-refractivity contribution is 0.610. The van der Waals surface area contributed by atoms with Gasteiger partial charge in [0, 0.05) is 5.56 Å². The second-order valence-electron chi connectivity index (χ2n) is 3.15. The molecule has 1 aliphatic rings. The molecule has 1 heteroatoms. The molecule has 1 fully saturated rings. The number of rotatable bonds is 1. The molecular weight excluding hydrogens is 151 g/mol. The maximum atomic E-state index is 13.2. The molecule has 0 spiro atoms. The fourth-order valence-electron chi connectivity index (χ4n) is 1.34. The van der Waals surface area contributed by atoms with Gasteiger partial charge >= 0.3 is 0 Å². The molecule has 0 aliphatic heterocycles. The first kappa shape index (κ1) is 7.36. The smallest absolute Gasteiger partial charge is 0.127 e. The van der Waals surface area contributed by atoms with E-state index >= 15 is 0 Å². The Morgan fingerprint density at radius 3 is 2.67 bits per heavy atom. The van der Waals surface area contributed by atoms with Crippen molar-refractivity contribution in [2.45, 2.75) is 18.8 Å². The van der Waals surface area contributed by atoms with Gasteiger partial charge in [-0.1, -0.05) is 12.0 Å². The molecule has 1 aliphatic carbocycles. The van der Waals surface area contributed by atoms with E-state index in [0.29, 0.717) is 11.5 Å². The third kappa shape index (κ3) is 1.21. The van der Waals surface area contributed by atoms with Gasteiger partial charge < -0.3 is 0 Å². The Morgan fingerprint density at radius 2 is 2.17 bits per heavy atom. The second kappa shape index (κ2) is 2.64. The molecule has 2 rings (SSSR count). The van der Waals surface area contributed by atoms with Gasteiger partial charge in [0.25, 0.3) is 0 Å². The van der Waals surface area contributed by atoms with Crippen molar-refractivity contribution in [2.75, 3.05) is 0 Å². The summed E-state index contributed by atoms with van der Waals surface area (Å²) in [6.07, 6.45) is 7.38. The lowest BCUT2D eigenvalue weighted by Crippen LogP contribution is -1.87. The van der Waals surface area contributed by atoms with Crippen molar-refractivity contribution >= 4 is 0 Å². The molecule has 0 heterocycles. The highest BCUT2D eigenvalue weighted by atomic mass is 19.1. The number of halogens is 1. The third-order valence-electron chi connectivity index (χ3n) is 2.18. The Kier molecular flexibility index (Phi) is 1.62. The number of hydrogen-bond acceptors (Lipinski definition) is 0. The summed E-state index contributed by atoms with van der Waals surface area (Å²) in [6, 6.07) is 5.05. The van der Waals surface area contributed by atoms with Crippen LogP contribution in [-0.4, -0.2) is 0 Å². The van der Waals surface area contributed by atoms with Gasteiger partial charge in [0.2, 0.25) is 0 Å². The van der Waals surface area contributed by atoms with Crippen molar-refractivity contribution in [1.82, 2.24) is 0 Å². The Morgan fingerprint density at radius 1 is 1.42 bits per heavy atom. The fraction of sp³-hybridized carbons (Fsp3) is 0.273. The second-order valence-corrected chi connectivity index (χ2v) is 3.15. The van der Waals surface area contributed by atoms with Crippen molar-refractivity contribution in [3.63, 3.8) is 0 Å². The molecule has 1 saturated carbocycles. The van der Waals surface area contributed by atoms with E-state index in [-0.39, 0.29) is 5.82 Å². The van der Waals surface area contributed by atoms with E-state index in [4.69, 9.17) is 6.42 Å². The summed E-state index contributed by atoms with van der Waals surface area (Å²) in [7, 11) is 0. The molecular formula is C11H9F. The molecule has 0 radical (unpaired) electrons. The first-order valence-corrected chi connectivity index (χ1v) is 4.07. The van der Waals surface area contributed by atoms with Crippen molar-refractivity contribution in [3.05, 3.63) is 35.1 Å². The Bertz CT molecular complexity index is 343. The van der Waals surface area contributed by atoms with Crippen LogP contribution in [0.1, 0.15) is 29.9 Å². The van der Waals surface area contributed by atoms with Crippen LogP contribution in [0, 0.1) is 18.2 Å². The van der Waals surface area contributed by atoms with Gasteiger partial charge in [0.1, 0.15) is 5.82 Å². The van der Waals surface area contributed by atoms with E-state index in [0.717, 1.165) is 18.4 Å².